The van der Waals surface area contributed by atoms with Crippen LogP contribution in [-0.4, -0.2) is 43.2 Å². The average molecular weight is 503 g/mol. The van der Waals surface area contributed by atoms with Crippen molar-refractivity contribution in [3.63, 3.8) is 0 Å². The first-order valence-corrected chi connectivity index (χ1v) is 12.9. The number of nitrogens with one attached hydrogen (secondary N) is 1. The van der Waals surface area contributed by atoms with Gasteiger partial charge in [-0.05, 0) is 69.5 Å². The minimum atomic E-state index is -4.40. The van der Waals surface area contributed by atoms with Crippen LogP contribution in [0.5, 0.6) is 0 Å². The van der Waals surface area contributed by atoms with E-state index in [9.17, 15) is 18.0 Å². The average Bonchev–Trinajstić information content (AvgIpc) is 2.88. The van der Waals surface area contributed by atoms with E-state index in [2.05, 4.69) is 22.3 Å². The predicted molar refractivity (Wildman–Crippen MR) is 130 cm³/mol. The van der Waals surface area contributed by atoms with E-state index in [4.69, 9.17) is 9.47 Å². The molecule has 0 saturated carbocycles. The fraction of sp³-hybridized carbons (Fsp3) is 0.536. The van der Waals surface area contributed by atoms with E-state index in [-0.39, 0.29) is 30.0 Å². The SMILES string of the molecule is CCOC(=O)C1CCN(C[C@H]2CC[C@@H]3[C@H](O2)c2cc(C(F)(F)F)ccc2N[C@H]3c2ccccc2)CC1. The fourth-order valence-electron chi connectivity index (χ4n) is 5.96. The maximum atomic E-state index is 13.5. The molecule has 2 aromatic rings. The summed E-state index contributed by atoms with van der Waals surface area (Å²) in [6.45, 7) is 4.52. The van der Waals surface area contributed by atoms with E-state index in [1.165, 1.54) is 12.1 Å². The van der Waals surface area contributed by atoms with Crippen LogP contribution in [0.2, 0.25) is 0 Å². The lowest BCUT2D eigenvalue weighted by Crippen LogP contribution is -2.45. The summed E-state index contributed by atoms with van der Waals surface area (Å²) in [6.07, 6.45) is -1.66. The highest BCUT2D eigenvalue weighted by molar-refractivity contribution is 5.72. The van der Waals surface area contributed by atoms with Gasteiger partial charge >= 0.3 is 12.1 Å². The van der Waals surface area contributed by atoms with Crippen LogP contribution in [-0.2, 0) is 20.4 Å². The Kier molecular flexibility index (Phi) is 7.26. The van der Waals surface area contributed by atoms with Crippen LogP contribution in [0.1, 0.15) is 61.4 Å². The van der Waals surface area contributed by atoms with Gasteiger partial charge in [-0.1, -0.05) is 30.3 Å². The van der Waals surface area contributed by atoms with Crippen molar-refractivity contribution in [2.45, 2.75) is 57.0 Å². The Morgan fingerprint density at radius 1 is 1.08 bits per heavy atom. The molecule has 194 valence electrons. The summed E-state index contributed by atoms with van der Waals surface area (Å²) in [6, 6.07) is 14.0. The zero-order valence-corrected chi connectivity index (χ0v) is 20.5. The molecular weight excluding hydrogens is 469 g/mol. The fourth-order valence-corrected chi connectivity index (χ4v) is 5.96. The van der Waals surface area contributed by atoms with Gasteiger partial charge in [0.05, 0.1) is 36.3 Å². The number of carbonyl (C=O) groups excluding carboxylic acids is 1. The summed E-state index contributed by atoms with van der Waals surface area (Å²) in [5.74, 6) is -0.136. The molecule has 0 aliphatic carbocycles. The number of ether oxygens (including phenoxy) is 2. The van der Waals surface area contributed by atoms with Crippen LogP contribution in [0.3, 0.4) is 0 Å². The Bertz CT molecular complexity index is 1050. The number of piperidine rings is 1. The van der Waals surface area contributed by atoms with Crippen molar-refractivity contribution in [1.82, 2.24) is 4.90 Å². The van der Waals surface area contributed by atoms with Crippen molar-refractivity contribution in [3.8, 4) is 0 Å². The van der Waals surface area contributed by atoms with E-state index < -0.39 is 17.8 Å². The molecule has 5 nitrogen and oxygen atoms in total. The summed E-state index contributed by atoms with van der Waals surface area (Å²) >= 11 is 0. The molecule has 3 aliphatic rings. The van der Waals surface area contributed by atoms with Crippen LogP contribution < -0.4 is 5.32 Å². The van der Waals surface area contributed by atoms with Crippen molar-refractivity contribution in [2.75, 3.05) is 31.6 Å². The number of esters is 1. The van der Waals surface area contributed by atoms with Gasteiger partial charge in [-0.2, -0.15) is 13.2 Å². The molecular formula is C28H33F3N2O3. The first-order chi connectivity index (χ1) is 17.3. The lowest BCUT2D eigenvalue weighted by atomic mass is 9.76. The number of benzene rings is 2. The molecule has 36 heavy (non-hydrogen) atoms. The normalized spacial score (nSPS) is 27.0. The van der Waals surface area contributed by atoms with Gasteiger partial charge in [-0.25, -0.2) is 0 Å². The van der Waals surface area contributed by atoms with E-state index in [0.717, 1.165) is 56.9 Å². The zero-order chi connectivity index (χ0) is 25.3. The number of carbonyl (C=O) groups is 1. The number of halogens is 3. The molecule has 0 amide bonds. The van der Waals surface area contributed by atoms with Crippen LogP contribution >= 0.6 is 0 Å². The maximum absolute atomic E-state index is 13.5. The summed E-state index contributed by atoms with van der Waals surface area (Å²) in [4.78, 5) is 14.4. The number of anilines is 1. The van der Waals surface area contributed by atoms with Gasteiger partial charge in [0.1, 0.15) is 0 Å². The number of likely N-dealkylation sites (tertiary alicyclic amines) is 1. The first-order valence-electron chi connectivity index (χ1n) is 12.9. The molecule has 4 atom stereocenters. The van der Waals surface area contributed by atoms with Crippen LogP contribution in [0.15, 0.2) is 48.5 Å². The number of nitrogens with zero attached hydrogens (tertiary/aromatic N) is 1. The van der Waals surface area contributed by atoms with Crippen LogP contribution in [0, 0.1) is 11.8 Å². The zero-order valence-electron chi connectivity index (χ0n) is 20.5. The Morgan fingerprint density at radius 2 is 1.83 bits per heavy atom. The molecule has 0 spiro atoms. The quantitative estimate of drug-likeness (QED) is 0.510. The predicted octanol–water partition coefficient (Wildman–Crippen LogP) is 5.98. The van der Waals surface area contributed by atoms with Crippen LogP contribution in [0.25, 0.3) is 0 Å². The molecule has 1 N–H and O–H groups in total. The van der Waals surface area contributed by atoms with E-state index in [0.29, 0.717) is 17.9 Å². The number of fused-ring (bicyclic) bond motifs is 3. The van der Waals surface area contributed by atoms with E-state index in [1.54, 1.807) is 0 Å². The van der Waals surface area contributed by atoms with Gasteiger partial charge in [0, 0.05) is 23.7 Å². The molecule has 2 aromatic carbocycles. The van der Waals surface area contributed by atoms with E-state index >= 15 is 0 Å². The molecule has 8 heteroatoms. The Morgan fingerprint density at radius 3 is 2.53 bits per heavy atom. The van der Waals surface area contributed by atoms with Crippen molar-refractivity contribution >= 4 is 11.7 Å². The summed E-state index contributed by atoms with van der Waals surface area (Å²) in [7, 11) is 0. The molecule has 3 aliphatic heterocycles. The maximum Gasteiger partial charge on any atom is 0.416 e. The van der Waals surface area contributed by atoms with Crippen molar-refractivity contribution in [3.05, 3.63) is 65.2 Å². The second-order valence-corrected chi connectivity index (χ2v) is 10.1. The van der Waals surface area contributed by atoms with Crippen LogP contribution in [0.4, 0.5) is 18.9 Å². The van der Waals surface area contributed by atoms with Gasteiger partial charge in [-0.15, -0.1) is 0 Å². The van der Waals surface area contributed by atoms with Gasteiger partial charge in [0.25, 0.3) is 0 Å². The van der Waals surface area contributed by atoms with Gasteiger partial charge in [0.15, 0.2) is 0 Å². The number of rotatable bonds is 5. The third kappa shape index (κ3) is 5.25. The van der Waals surface area contributed by atoms with Crippen molar-refractivity contribution < 1.29 is 27.4 Å². The molecule has 5 rings (SSSR count). The Labute approximate surface area is 210 Å². The lowest BCUT2D eigenvalue weighted by Gasteiger charge is -2.46. The smallest absolute Gasteiger partial charge is 0.416 e. The first kappa shape index (κ1) is 25.1. The molecule has 2 saturated heterocycles. The molecule has 0 radical (unpaired) electrons. The van der Waals surface area contributed by atoms with Gasteiger partial charge in [-0.3, -0.25) is 4.79 Å². The largest absolute Gasteiger partial charge is 0.466 e. The minimum absolute atomic E-state index is 0.0262. The number of alkyl halides is 3. The molecule has 2 fully saturated rings. The summed E-state index contributed by atoms with van der Waals surface area (Å²) in [5.41, 5.74) is 1.76. The van der Waals surface area contributed by atoms with Crippen molar-refractivity contribution in [2.24, 2.45) is 11.8 Å². The summed E-state index contributed by atoms with van der Waals surface area (Å²) in [5, 5.41) is 3.51. The third-order valence-corrected chi connectivity index (χ3v) is 7.80. The lowest BCUT2D eigenvalue weighted by molar-refractivity contribution is -0.150. The second-order valence-electron chi connectivity index (χ2n) is 10.1. The Hall–Kier alpha value is -2.58. The topological polar surface area (TPSA) is 50.8 Å². The standard InChI is InChI=1S/C28H33F3N2O3/c1-2-35-27(34)19-12-14-33(15-13-19)17-21-9-10-22-25(18-6-4-3-5-7-18)32-24-11-8-20(28(29,30)31)16-23(24)26(22)36-21/h3-8,11,16,19,21-22,25-26,32H,2,9-10,12-15,17H2,1H3/t21-,22+,25+,26+/m1/s1. The Balaban J connectivity index is 1.33. The van der Waals surface area contributed by atoms with Gasteiger partial charge < -0.3 is 19.7 Å². The summed E-state index contributed by atoms with van der Waals surface area (Å²) < 4.78 is 52.4. The van der Waals surface area contributed by atoms with Gasteiger partial charge in [0.2, 0.25) is 0 Å². The van der Waals surface area contributed by atoms with Crippen molar-refractivity contribution in [1.29, 1.82) is 0 Å². The second kappa shape index (κ2) is 10.4. The number of hydrogen-bond donors (Lipinski definition) is 1. The minimum Gasteiger partial charge on any atom is -0.466 e. The third-order valence-electron chi connectivity index (χ3n) is 7.80. The molecule has 0 unspecified atom stereocenters. The molecule has 0 aromatic heterocycles. The van der Waals surface area contributed by atoms with E-state index in [1.807, 2.05) is 25.1 Å². The molecule has 3 heterocycles. The highest BCUT2D eigenvalue weighted by atomic mass is 19.4. The monoisotopic (exact) mass is 502 g/mol. The highest BCUT2D eigenvalue weighted by Crippen LogP contribution is 2.51. The number of hydrogen-bond acceptors (Lipinski definition) is 5. The molecule has 0 bridgehead atoms. The highest BCUT2D eigenvalue weighted by Gasteiger charge is 2.44.